The molecule has 1 rings (SSSR count). The minimum atomic E-state index is -0.276. The Morgan fingerprint density at radius 3 is 2.50 bits per heavy atom. The zero-order valence-electron chi connectivity index (χ0n) is 6.50. The molecule has 0 saturated carbocycles. The SMILES string of the molecule is CC(=O)NSc1ccc(F)cc1. The normalized spacial score (nSPS) is 9.50. The Bertz CT molecular complexity index is 273. The molecule has 4 heteroatoms. The van der Waals surface area contributed by atoms with E-state index in [2.05, 4.69) is 4.72 Å². The monoisotopic (exact) mass is 185 g/mol. The highest BCUT2D eigenvalue weighted by atomic mass is 32.2. The van der Waals surface area contributed by atoms with Gasteiger partial charge in [0.15, 0.2) is 0 Å². The van der Waals surface area contributed by atoms with E-state index >= 15 is 0 Å². The van der Waals surface area contributed by atoms with Gasteiger partial charge in [-0.1, -0.05) is 0 Å². The minimum absolute atomic E-state index is 0.121. The molecular formula is C8H8FNOS. The number of hydrogen-bond acceptors (Lipinski definition) is 2. The van der Waals surface area contributed by atoms with Gasteiger partial charge < -0.3 is 0 Å². The van der Waals surface area contributed by atoms with E-state index in [0.717, 1.165) is 4.90 Å². The van der Waals surface area contributed by atoms with Gasteiger partial charge in [-0.2, -0.15) is 0 Å². The van der Waals surface area contributed by atoms with Crippen LogP contribution in [0.1, 0.15) is 6.92 Å². The van der Waals surface area contributed by atoms with E-state index in [9.17, 15) is 9.18 Å². The first-order chi connectivity index (χ1) is 5.68. The molecule has 12 heavy (non-hydrogen) atoms. The van der Waals surface area contributed by atoms with Crippen LogP contribution in [0.5, 0.6) is 0 Å². The van der Waals surface area contributed by atoms with Crippen molar-refractivity contribution in [3.8, 4) is 0 Å². The largest absolute Gasteiger partial charge is 0.296 e. The Labute approximate surface area is 74.3 Å². The average molecular weight is 185 g/mol. The van der Waals surface area contributed by atoms with E-state index < -0.39 is 0 Å². The summed E-state index contributed by atoms with van der Waals surface area (Å²) in [7, 11) is 0. The number of nitrogens with one attached hydrogen (secondary N) is 1. The average Bonchev–Trinajstić information content (AvgIpc) is 2.03. The van der Waals surface area contributed by atoms with Crippen molar-refractivity contribution in [3.63, 3.8) is 0 Å². The number of rotatable bonds is 2. The van der Waals surface area contributed by atoms with Gasteiger partial charge in [-0.05, 0) is 36.2 Å². The van der Waals surface area contributed by atoms with Gasteiger partial charge in [0.1, 0.15) is 5.82 Å². The molecule has 0 spiro atoms. The van der Waals surface area contributed by atoms with Gasteiger partial charge in [-0.3, -0.25) is 9.52 Å². The van der Waals surface area contributed by atoms with E-state index in [1.54, 1.807) is 12.1 Å². The summed E-state index contributed by atoms with van der Waals surface area (Å²) in [5, 5.41) is 0. The van der Waals surface area contributed by atoms with Crippen molar-refractivity contribution in [2.75, 3.05) is 0 Å². The molecule has 0 heterocycles. The van der Waals surface area contributed by atoms with Gasteiger partial charge in [0.05, 0.1) is 0 Å². The van der Waals surface area contributed by atoms with E-state index in [1.165, 1.54) is 31.0 Å². The Kier molecular flexibility index (Phi) is 3.10. The van der Waals surface area contributed by atoms with Crippen molar-refractivity contribution in [2.45, 2.75) is 11.8 Å². The maximum absolute atomic E-state index is 12.4. The molecule has 0 aliphatic carbocycles. The molecule has 1 amide bonds. The predicted octanol–water partition coefficient (Wildman–Crippen LogP) is 1.97. The number of carbonyl (C=O) groups excluding carboxylic acids is 1. The third-order valence-electron chi connectivity index (χ3n) is 1.13. The van der Waals surface area contributed by atoms with Crippen LogP contribution >= 0.6 is 11.9 Å². The van der Waals surface area contributed by atoms with Gasteiger partial charge in [0.25, 0.3) is 0 Å². The quantitative estimate of drug-likeness (QED) is 0.714. The zero-order valence-corrected chi connectivity index (χ0v) is 7.32. The van der Waals surface area contributed by atoms with E-state index in [1.807, 2.05) is 0 Å². The first kappa shape index (κ1) is 9.06. The molecule has 0 unspecified atom stereocenters. The van der Waals surface area contributed by atoms with Crippen molar-refractivity contribution in [2.24, 2.45) is 0 Å². The summed E-state index contributed by atoms with van der Waals surface area (Å²) in [5.74, 6) is -0.397. The molecule has 2 nitrogen and oxygen atoms in total. The lowest BCUT2D eigenvalue weighted by Gasteiger charge is -1.99. The lowest BCUT2D eigenvalue weighted by atomic mass is 10.4. The van der Waals surface area contributed by atoms with Gasteiger partial charge in [-0.25, -0.2) is 4.39 Å². The van der Waals surface area contributed by atoms with Crippen LogP contribution in [0.15, 0.2) is 29.2 Å². The molecule has 0 aromatic heterocycles. The van der Waals surface area contributed by atoms with Crippen LogP contribution in [0.25, 0.3) is 0 Å². The van der Waals surface area contributed by atoms with Crippen molar-refractivity contribution in [3.05, 3.63) is 30.1 Å². The van der Waals surface area contributed by atoms with Crippen LogP contribution < -0.4 is 4.72 Å². The molecule has 0 fully saturated rings. The molecule has 0 bridgehead atoms. The zero-order chi connectivity index (χ0) is 8.97. The van der Waals surface area contributed by atoms with Crippen LogP contribution in [0, 0.1) is 5.82 Å². The van der Waals surface area contributed by atoms with Crippen molar-refractivity contribution in [1.29, 1.82) is 0 Å². The summed E-state index contributed by atoms with van der Waals surface area (Å²) in [5.41, 5.74) is 0. The first-order valence-electron chi connectivity index (χ1n) is 3.37. The molecule has 0 aliphatic rings. The van der Waals surface area contributed by atoms with Crippen LogP contribution in [0.2, 0.25) is 0 Å². The molecular weight excluding hydrogens is 177 g/mol. The molecule has 1 N–H and O–H groups in total. The third kappa shape index (κ3) is 2.92. The standard InChI is InChI=1S/C8H8FNOS/c1-6(11)10-12-8-4-2-7(9)3-5-8/h2-5H,1H3,(H,10,11). The summed E-state index contributed by atoms with van der Waals surface area (Å²) in [6, 6.07) is 5.92. The van der Waals surface area contributed by atoms with Crippen molar-refractivity contribution < 1.29 is 9.18 Å². The summed E-state index contributed by atoms with van der Waals surface area (Å²) < 4.78 is 14.9. The fourth-order valence-corrected chi connectivity index (χ4v) is 1.17. The summed E-state index contributed by atoms with van der Waals surface area (Å²) in [4.78, 5) is 11.3. The molecule has 64 valence electrons. The molecule has 0 radical (unpaired) electrons. The molecule has 1 aromatic rings. The third-order valence-corrected chi connectivity index (χ3v) is 2.02. The van der Waals surface area contributed by atoms with Gasteiger partial charge in [0, 0.05) is 11.8 Å². The Balaban J connectivity index is 2.53. The van der Waals surface area contributed by atoms with Crippen LogP contribution in [-0.4, -0.2) is 5.91 Å². The second-order valence-electron chi connectivity index (χ2n) is 2.21. The second kappa shape index (κ2) is 4.11. The van der Waals surface area contributed by atoms with Crippen LogP contribution in [0.3, 0.4) is 0 Å². The van der Waals surface area contributed by atoms with E-state index in [0.29, 0.717) is 0 Å². The highest BCUT2D eigenvalue weighted by molar-refractivity contribution is 7.98. The predicted molar refractivity (Wildman–Crippen MR) is 46.1 cm³/mol. The number of halogens is 1. The van der Waals surface area contributed by atoms with Crippen molar-refractivity contribution >= 4 is 17.9 Å². The van der Waals surface area contributed by atoms with Gasteiger partial charge >= 0.3 is 0 Å². The fraction of sp³-hybridized carbons (Fsp3) is 0.125. The lowest BCUT2D eigenvalue weighted by Crippen LogP contribution is -2.09. The van der Waals surface area contributed by atoms with E-state index in [-0.39, 0.29) is 11.7 Å². The highest BCUT2D eigenvalue weighted by Crippen LogP contribution is 2.13. The summed E-state index contributed by atoms with van der Waals surface area (Å²) in [6.45, 7) is 1.43. The number of benzene rings is 1. The van der Waals surface area contributed by atoms with E-state index in [4.69, 9.17) is 0 Å². The van der Waals surface area contributed by atoms with Gasteiger partial charge in [0.2, 0.25) is 5.91 Å². The van der Waals surface area contributed by atoms with Gasteiger partial charge in [-0.15, -0.1) is 0 Å². The number of carbonyl (C=O) groups is 1. The first-order valence-corrected chi connectivity index (χ1v) is 4.19. The van der Waals surface area contributed by atoms with Crippen LogP contribution in [0.4, 0.5) is 4.39 Å². The topological polar surface area (TPSA) is 29.1 Å². The Hall–Kier alpha value is -1.03. The number of hydrogen-bond donors (Lipinski definition) is 1. The molecule has 0 atom stereocenters. The highest BCUT2D eigenvalue weighted by Gasteiger charge is 1.95. The summed E-state index contributed by atoms with van der Waals surface area (Å²) >= 11 is 1.17. The minimum Gasteiger partial charge on any atom is -0.296 e. The maximum atomic E-state index is 12.4. The second-order valence-corrected chi connectivity index (χ2v) is 3.09. The Morgan fingerprint density at radius 1 is 1.42 bits per heavy atom. The Morgan fingerprint density at radius 2 is 2.00 bits per heavy atom. The number of amides is 1. The van der Waals surface area contributed by atoms with Crippen molar-refractivity contribution in [1.82, 2.24) is 4.72 Å². The van der Waals surface area contributed by atoms with Crippen LogP contribution in [-0.2, 0) is 4.79 Å². The fourth-order valence-electron chi connectivity index (χ4n) is 0.633. The smallest absolute Gasteiger partial charge is 0.226 e. The molecule has 0 aliphatic heterocycles. The molecule has 1 aromatic carbocycles. The maximum Gasteiger partial charge on any atom is 0.226 e. The molecule has 0 saturated heterocycles. The summed E-state index contributed by atoms with van der Waals surface area (Å²) in [6.07, 6.45) is 0. The lowest BCUT2D eigenvalue weighted by molar-refractivity contribution is -0.117.